The second-order valence-electron chi connectivity index (χ2n) is 5.30. The van der Waals surface area contributed by atoms with Crippen molar-refractivity contribution in [3.8, 4) is 0 Å². The van der Waals surface area contributed by atoms with Crippen LogP contribution in [0, 0.1) is 17.6 Å². The first-order chi connectivity index (χ1) is 9.81. The molecule has 0 unspecified atom stereocenters. The Morgan fingerprint density at radius 1 is 1.29 bits per heavy atom. The Balaban J connectivity index is 2.57. The summed E-state index contributed by atoms with van der Waals surface area (Å²) in [5.74, 6) is -3.41. The van der Waals surface area contributed by atoms with Gasteiger partial charge in [0.1, 0.15) is 6.04 Å². The Bertz CT molecular complexity index is 518. The molecule has 1 aromatic carbocycles. The maximum Gasteiger partial charge on any atom is 0.326 e. The lowest BCUT2D eigenvalue weighted by molar-refractivity contribution is -0.142. The number of rotatable bonds is 7. The van der Waals surface area contributed by atoms with Gasteiger partial charge in [-0.25, -0.2) is 13.6 Å². The monoisotopic (exact) mass is 299 g/mol. The van der Waals surface area contributed by atoms with Crippen molar-refractivity contribution in [3.05, 3.63) is 35.4 Å². The average molecular weight is 299 g/mol. The highest BCUT2D eigenvalue weighted by atomic mass is 19.2. The van der Waals surface area contributed by atoms with Crippen molar-refractivity contribution in [2.45, 2.75) is 39.2 Å². The van der Waals surface area contributed by atoms with Gasteiger partial charge in [0.15, 0.2) is 11.6 Å². The van der Waals surface area contributed by atoms with E-state index in [1.807, 2.05) is 13.8 Å². The zero-order chi connectivity index (χ0) is 16.0. The van der Waals surface area contributed by atoms with E-state index in [4.69, 9.17) is 5.11 Å². The summed E-state index contributed by atoms with van der Waals surface area (Å²) < 4.78 is 26.4. The molecule has 0 aromatic heterocycles. The van der Waals surface area contributed by atoms with Crippen molar-refractivity contribution in [1.29, 1.82) is 0 Å². The normalized spacial score (nSPS) is 12.2. The maximum atomic E-state index is 13.4. The van der Waals surface area contributed by atoms with Crippen LogP contribution in [0.4, 0.5) is 8.78 Å². The quantitative estimate of drug-likeness (QED) is 0.813. The number of nitrogens with one attached hydrogen (secondary N) is 1. The largest absolute Gasteiger partial charge is 0.480 e. The van der Waals surface area contributed by atoms with Crippen LogP contribution in [0.2, 0.25) is 0 Å². The minimum absolute atomic E-state index is 0.0173. The van der Waals surface area contributed by atoms with Crippen molar-refractivity contribution >= 4 is 11.9 Å². The lowest BCUT2D eigenvalue weighted by Crippen LogP contribution is -2.41. The smallest absolute Gasteiger partial charge is 0.326 e. The molecule has 116 valence electrons. The van der Waals surface area contributed by atoms with Gasteiger partial charge in [0.05, 0.1) is 0 Å². The predicted octanol–water partition coefficient (Wildman–Crippen LogP) is 2.51. The number of aryl methyl sites for hydroxylation is 1. The third kappa shape index (κ3) is 5.49. The van der Waals surface area contributed by atoms with Crippen LogP contribution in [0.15, 0.2) is 18.2 Å². The van der Waals surface area contributed by atoms with Gasteiger partial charge in [-0.2, -0.15) is 0 Å². The van der Waals surface area contributed by atoms with E-state index in [-0.39, 0.29) is 24.3 Å². The number of benzene rings is 1. The Morgan fingerprint density at radius 3 is 2.52 bits per heavy atom. The summed E-state index contributed by atoms with van der Waals surface area (Å²) >= 11 is 0. The fraction of sp³-hybridized carbons (Fsp3) is 0.467. The van der Waals surface area contributed by atoms with Crippen LogP contribution < -0.4 is 5.32 Å². The molecule has 0 radical (unpaired) electrons. The molecule has 21 heavy (non-hydrogen) atoms. The molecule has 0 aliphatic carbocycles. The third-order valence-electron chi connectivity index (χ3n) is 2.99. The first-order valence-electron chi connectivity index (χ1n) is 6.76. The van der Waals surface area contributed by atoms with E-state index in [2.05, 4.69) is 5.32 Å². The van der Waals surface area contributed by atoms with Crippen LogP contribution >= 0.6 is 0 Å². The summed E-state index contributed by atoms with van der Waals surface area (Å²) in [6, 6.07) is 2.80. The van der Waals surface area contributed by atoms with Crippen molar-refractivity contribution in [3.63, 3.8) is 0 Å². The SMILES string of the molecule is CC(C)C[C@H](NC(=O)CCc1cccc(F)c1F)C(=O)O. The molecule has 0 aliphatic rings. The van der Waals surface area contributed by atoms with Crippen LogP contribution in [0.3, 0.4) is 0 Å². The first-order valence-corrected chi connectivity index (χ1v) is 6.76. The zero-order valence-electron chi connectivity index (χ0n) is 12.0. The van der Waals surface area contributed by atoms with Crippen molar-refractivity contribution in [2.24, 2.45) is 5.92 Å². The van der Waals surface area contributed by atoms with E-state index in [0.29, 0.717) is 6.42 Å². The molecule has 0 fully saturated rings. The number of amides is 1. The molecule has 1 atom stereocenters. The van der Waals surface area contributed by atoms with Crippen LogP contribution in [-0.4, -0.2) is 23.0 Å². The molecule has 4 nitrogen and oxygen atoms in total. The maximum absolute atomic E-state index is 13.4. The summed E-state index contributed by atoms with van der Waals surface area (Å²) in [5, 5.41) is 11.4. The number of aliphatic carboxylic acids is 1. The Morgan fingerprint density at radius 2 is 1.95 bits per heavy atom. The topological polar surface area (TPSA) is 66.4 Å². The number of hydrogen-bond donors (Lipinski definition) is 2. The van der Waals surface area contributed by atoms with Crippen LogP contribution in [0.5, 0.6) is 0 Å². The van der Waals surface area contributed by atoms with Crippen LogP contribution in [0.25, 0.3) is 0 Å². The van der Waals surface area contributed by atoms with Gasteiger partial charge in [-0.05, 0) is 30.4 Å². The van der Waals surface area contributed by atoms with Gasteiger partial charge in [0.2, 0.25) is 5.91 Å². The molecule has 6 heteroatoms. The lowest BCUT2D eigenvalue weighted by atomic mass is 10.0. The van der Waals surface area contributed by atoms with Crippen molar-refractivity contribution < 1.29 is 23.5 Å². The van der Waals surface area contributed by atoms with E-state index in [9.17, 15) is 18.4 Å². The molecule has 1 rings (SSSR count). The molecule has 0 aliphatic heterocycles. The fourth-order valence-corrected chi connectivity index (χ4v) is 1.95. The molecule has 0 saturated carbocycles. The number of carbonyl (C=O) groups excluding carboxylic acids is 1. The van der Waals surface area contributed by atoms with Gasteiger partial charge >= 0.3 is 5.97 Å². The molecular weight excluding hydrogens is 280 g/mol. The summed E-state index contributed by atoms with van der Waals surface area (Å²) in [6.07, 6.45) is 0.237. The Hall–Kier alpha value is -1.98. The number of carboxylic acids is 1. The second-order valence-corrected chi connectivity index (χ2v) is 5.30. The van der Waals surface area contributed by atoms with E-state index in [1.54, 1.807) is 0 Å². The molecule has 1 aromatic rings. The number of hydrogen-bond acceptors (Lipinski definition) is 2. The van der Waals surface area contributed by atoms with Gasteiger partial charge in [-0.1, -0.05) is 26.0 Å². The number of carboxylic acid groups (broad SMARTS) is 1. The van der Waals surface area contributed by atoms with Gasteiger partial charge in [-0.15, -0.1) is 0 Å². The molecule has 1 amide bonds. The standard InChI is InChI=1S/C15H19F2NO3/c1-9(2)8-12(15(20)21)18-13(19)7-6-10-4-3-5-11(16)14(10)17/h3-5,9,12H,6-8H2,1-2H3,(H,18,19)(H,20,21)/t12-/m0/s1. The first kappa shape index (κ1) is 17.1. The summed E-state index contributed by atoms with van der Waals surface area (Å²) in [4.78, 5) is 22.7. The number of halogens is 2. The Kier molecular flexibility index (Phi) is 6.27. The molecule has 0 heterocycles. The van der Waals surface area contributed by atoms with Crippen LogP contribution in [-0.2, 0) is 16.0 Å². The van der Waals surface area contributed by atoms with E-state index >= 15 is 0 Å². The highest BCUT2D eigenvalue weighted by molar-refractivity contribution is 5.83. The molecule has 0 bridgehead atoms. The van der Waals surface area contributed by atoms with Gasteiger partial charge < -0.3 is 10.4 Å². The minimum atomic E-state index is -1.10. The molecule has 2 N–H and O–H groups in total. The van der Waals surface area contributed by atoms with Gasteiger partial charge in [0.25, 0.3) is 0 Å². The second kappa shape index (κ2) is 7.71. The van der Waals surface area contributed by atoms with E-state index < -0.39 is 29.6 Å². The van der Waals surface area contributed by atoms with Crippen LogP contribution in [0.1, 0.15) is 32.3 Å². The Labute approximate surface area is 122 Å². The highest BCUT2D eigenvalue weighted by Gasteiger charge is 2.21. The third-order valence-corrected chi connectivity index (χ3v) is 2.99. The summed E-state index contributed by atoms with van der Waals surface area (Å²) in [5.41, 5.74) is 0.0980. The molecule has 0 spiro atoms. The predicted molar refractivity (Wildman–Crippen MR) is 73.7 cm³/mol. The average Bonchev–Trinajstić information content (AvgIpc) is 2.39. The highest BCUT2D eigenvalue weighted by Crippen LogP contribution is 2.13. The van der Waals surface area contributed by atoms with Gasteiger partial charge in [0, 0.05) is 6.42 Å². The van der Waals surface area contributed by atoms with Crippen molar-refractivity contribution in [1.82, 2.24) is 5.32 Å². The molecular formula is C15H19F2NO3. The molecule has 0 saturated heterocycles. The van der Waals surface area contributed by atoms with Crippen molar-refractivity contribution in [2.75, 3.05) is 0 Å². The summed E-state index contributed by atoms with van der Waals surface area (Å²) in [6.45, 7) is 3.70. The zero-order valence-corrected chi connectivity index (χ0v) is 12.0. The van der Waals surface area contributed by atoms with E-state index in [0.717, 1.165) is 6.07 Å². The van der Waals surface area contributed by atoms with E-state index in [1.165, 1.54) is 12.1 Å². The summed E-state index contributed by atoms with van der Waals surface area (Å²) in [7, 11) is 0. The van der Waals surface area contributed by atoms with Gasteiger partial charge in [-0.3, -0.25) is 4.79 Å². The fourth-order valence-electron chi connectivity index (χ4n) is 1.95. The lowest BCUT2D eigenvalue weighted by Gasteiger charge is -2.16. The number of carbonyl (C=O) groups is 2. The minimum Gasteiger partial charge on any atom is -0.480 e.